The van der Waals surface area contributed by atoms with Gasteiger partial charge in [-0.1, -0.05) is 42.5 Å². The Labute approximate surface area is 183 Å². The molecule has 1 unspecified atom stereocenters. The van der Waals surface area contributed by atoms with Crippen LogP contribution in [0.2, 0.25) is 0 Å². The third kappa shape index (κ3) is 3.96. The number of esters is 2. The summed E-state index contributed by atoms with van der Waals surface area (Å²) >= 11 is 1.31. The Kier molecular flexibility index (Phi) is 5.86. The normalized spacial score (nSPS) is 14.6. The van der Waals surface area contributed by atoms with Crippen molar-refractivity contribution in [2.24, 2.45) is 0 Å². The number of benzene rings is 2. The van der Waals surface area contributed by atoms with Crippen molar-refractivity contribution in [1.29, 1.82) is 0 Å². The van der Waals surface area contributed by atoms with Crippen LogP contribution < -0.4 is 5.32 Å². The van der Waals surface area contributed by atoms with E-state index < -0.39 is 17.9 Å². The van der Waals surface area contributed by atoms with Crippen molar-refractivity contribution in [3.05, 3.63) is 76.2 Å². The zero-order valence-electron chi connectivity index (χ0n) is 17.1. The maximum absolute atomic E-state index is 12.9. The predicted molar refractivity (Wildman–Crippen MR) is 119 cm³/mol. The van der Waals surface area contributed by atoms with E-state index in [0.29, 0.717) is 29.0 Å². The smallest absolute Gasteiger partial charge is 0.341 e. The molecular weight excluding hydrogens is 414 g/mol. The van der Waals surface area contributed by atoms with Crippen LogP contribution in [-0.2, 0) is 20.7 Å². The Balaban J connectivity index is 1.61. The van der Waals surface area contributed by atoms with E-state index >= 15 is 0 Å². The summed E-state index contributed by atoms with van der Waals surface area (Å²) in [5.74, 6) is -1.83. The third-order valence-electron chi connectivity index (χ3n) is 5.39. The van der Waals surface area contributed by atoms with Crippen molar-refractivity contribution in [1.82, 2.24) is 0 Å². The number of methoxy groups -OCH3 is 2. The Morgan fingerprint density at radius 1 is 0.935 bits per heavy atom. The van der Waals surface area contributed by atoms with Gasteiger partial charge in [0.15, 0.2) is 0 Å². The average Bonchev–Trinajstić information content (AvgIpc) is 3.37. The first kappa shape index (κ1) is 20.8. The van der Waals surface area contributed by atoms with E-state index in [9.17, 15) is 14.4 Å². The monoisotopic (exact) mass is 435 g/mol. The lowest BCUT2D eigenvalue weighted by Crippen LogP contribution is -2.17. The summed E-state index contributed by atoms with van der Waals surface area (Å²) in [5.41, 5.74) is 3.38. The third-order valence-corrected chi connectivity index (χ3v) is 6.57. The molecule has 0 radical (unpaired) electrons. The van der Waals surface area contributed by atoms with Gasteiger partial charge in [-0.25, -0.2) is 4.79 Å². The number of nitrogens with one attached hydrogen (secondary N) is 1. The molecule has 0 saturated carbocycles. The number of anilines is 1. The van der Waals surface area contributed by atoms with Crippen LogP contribution in [0.5, 0.6) is 0 Å². The van der Waals surface area contributed by atoms with Gasteiger partial charge >= 0.3 is 11.9 Å². The van der Waals surface area contributed by atoms with E-state index in [-0.39, 0.29) is 11.5 Å². The van der Waals surface area contributed by atoms with E-state index in [1.807, 2.05) is 42.5 Å². The summed E-state index contributed by atoms with van der Waals surface area (Å²) < 4.78 is 9.83. The van der Waals surface area contributed by atoms with Crippen molar-refractivity contribution in [2.75, 3.05) is 19.5 Å². The fourth-order valence-corrected chi connectivity index (χ4v) is 5.12. The number of amides is 1. The van der Waals surface area contributed by atoms with Gasteiger partial charge in [0.25, 0.3) is 5.91 Å². The highest BCUT2D eigenvalue weighted by molar-refractivity contribution is 7.17. The fraction of sp³-hybridized carbons (Fsp3) is 0.208. The van der Waals surface area contributed by atoms with E-state index in [1.165, 1.54) is 25.6 Å². The second kappa shape index (κ2) is 8.73. The minimum Gasteiger partial charge on any atom is -0.469 e. The molecule has 158 valence electrons. The lowest BCUT2D eigenvalue weighted by atomic mass is 9.99. The number of fused-ring (bicyclic) bond motifs is 1. The summed E-state index contributed by atoms with van der Waals surface area (Å²) in [5, 5.41) is 3.23. The Morgan fingerprint density at radius 3 is 2.26 bits per heavy atom. The van der Waals surface area contributed by atoms with Gasteiger partial charge in [-0.3, -0.25) is 9.59 Å². The largest absolute Gasteiger partial charge is 0.469 e. The van der Waals surface area contributed by atoms with Gasteiger partial charge < -0.3 is 14.8 Å². The summed E-state index contributed by atoms with van der Waals surface area (Å²) in [6.07, 6.45) is 1.22. The molecule has 7 heteroatoms. The van der Waals surface area contributed by atoms with E-state index in [0.717, 1.165) is 16.0 Å². The lowest BCUT2D eigenvalue weighted by molar-refractivity contribution is -0.142. The second-order valence-corrected chi connectivity index (χ2v) is 8.25. The number of hydrogen-bond acceptors (Lipinski definition) is 6. The summed E-state index contributed by atoms with van der Waals surface area (Å²) in [4.78, 5) is 38.5. The molecule has 1 N–H and O–H groups in total. The summed E-state index contributed by atoms with van der Waals surface area (Å²) in [6, 6.07) is 17.1. The van der Waals surface area contributed by atoms with Gasteiger partial charge in [-0.05, 0) is 41.7 Å². The van der Waals surface area contributed by atoms with Crippen molar-refractivity contribution in [3.63, 3.8) is 0 Å². The molecule has 31 heavy (non-hydrogen) atoms. The number of ether oxygens (including phenoxy) is 2. The van der Waals surface area contributed by atoms with Gasteiger partial charge in [0.1, 0.15) is 5.00 Å². The second-order valence-electron chi connectivity index (χ2n) is 7.15. The number of hydrogen-bond donors (Lipinski definition) is 1. The van der Waals surface area contributed by atoms with Gasteiger partial charge in [-0.15, -0.1) is 11.3 Å². The van der Waals surface area contributed by atoms with E-state index in [2.05, 4.69) is 5.32 Å². The van der Waals surface area contributed by atoms with E-state index in [1.54, 1.807) is 12.1 Å². The fourth-order valence-electron chi connectivity index (χ4n) is 3.86. The van der Waals surface area contributed by atoms with Crippen LogP contribution in [0.3, 0.4) is 0 Å². The van der Waals surface area contributed by atoms with E-state index in [4.69, 9.17) is 9.47 Å². The lowest BCUT2D eigenvalue weighted by Gasteiger charge is -2.12. The molecule has 0 fully saturated rings. The Hall–Kier alpha value is -3.45. The molecule has 1 atom stereocenters. The molecule has 3 aromatic rings. The summed E-state index contributed by atoms with van der Waals surface area (Å²) in [7, 11) is 2.61. The highest BCUT2D eigenvalue weighted by atomic mass is 32.1. The Bertz CT molecular complexity index is 1130. The molecule has 1 aliphatic rings. The SMILES string of the molecule is COC(=O)c1c(NC(=O)c2ccc(-c3ccccc3)cc2)sc2c1C(C(=O)OC)CC2. The number of rotatable bonds is 5. The molecule has 0 bridgehead atoms. The molecule has 0 aliphatic heterocycles. The maximum Gasteiger partial charge on any atom is 0.341 e. The minimum absolute atomic E-state index is 0.240. The first-order chi connectivity index (χ1) is 15.0. The quantitative estimate of drug-likeness (QED) is 0.590. The van der Waals surface area contributed by atoms with Crippen LogP contribution in [0.15, 0.2) is 54.6 Å². The van der Waals surface area contributed by atoms with Crippen LogP contribution in [-0.4, -0.2) is 32.1 Å². The highest BCUT2D eigenvalue weighted by Gasteiger charge is 2.38. The van der Waals surface area contributed by atoms with Crippen LogP contribution in [0.1, 0.15) is 43.5 Å². The molecule has 2 aromatic carbocycles. The zero-order chi connectivity index (χ0) is 22.0. The van der Waals surface area contributed by atoms with Crippen molar-refractivity contribution in [2.45, 2.75) is 18.8 Å². The average molecular weight is 436 g/mol. The topological polar surface area (TPSA) is 81.7 Å². The molecule has 0 saturated heterocycles. The van der Waals surface area contributed by atoms with Crippen LogP contribution in [0.4, 0.5) is 5.00 Å². The van der Waals surface area contributed by atoms with Crippen LogP contribution >= 0.6 is 11.3 Å². The molecule has 6 nitrogen and oxygen atoms in total. The van der Waals surface area contributed by atoms with Gasteiger partial charge in [0.05, 0.1) is 25.7 Å². The predicted octanol–water partition coefficient (Wildman–Crippen LogP) is 4.66. The van der Waals surface area contributed by atoms with Crippen molar-refractivity contribution < 1.29 is 23.9 Å². The first-order valence-electron chi connectivity index (χ1n) is 9.82. The molecule has 1 aromatic heterocycles. The molecular formula is C24H21NO5S. The molecule has 1 amide bonds. The number of carbonyl (C=O) groups excluding carboxylic acids is 3. The first-order valence-corrected chi connectivity index (χ1v) is 10.6. The minimum atomic E-state index is -0.581. The molecule has 1 aliphatic carbocycles. The van der Waals surface area contributed by atoms with Crippen LogP contribution in [0.25, 0.3) is 11.1 Å². The van der Waals surface area contributed by atoms with Gasteiger partial charge in [-0.2, -0.15) is 0 Å². The van der Waals surface area contributed by atoms with Gasteiger partial charge in [0.2, 0.25) is 0 Å². The van der Waals surface area contributed by atoms with Crippen LogP contribution in [0, 0.1) is 0 Å². The highest BCUT2D eigenvalue weighted by Crippen LogP contribution is 2.46. The Morgan fingerprint density at radius 2 is 1.61 bits per heavy atom. The molecule has 0 spiro atoms. The molecule has 4 rings (SSSR count). The van der Waals surface area contributed by atoms with Crippen molar-refractivity contribution >= 4 is 34.2 Å². The summed E-state index contributed by atoms with van der Waals surface area (Å²) in [6.45, 7) is 0. The standard InChI is InChI=1S/C24H21NO5S/c1-29-23(27)17-12-13-18-19(17)20(24(28)30-2)22(31-18)25-21(26)16-10-8-15(9-11-16)14-6-4-3-5-7-14/h3-11,17H,12-13H2,1-2H3,(H,25,26). The number of thiophene rings is 1. The number of carbonyl (C=O) groups is 3. The van der Waals surface area contributed by atoms with Crippen molar-refractivity contribution in [3.8, 4) is 11.1 Å². The molecule has 1 heterocycles. The zero-order valence-corrected chi connectivity index (χ0v) is 18.0. The maximum atomic E-state index is 12.9. The van der Waals surface area contributed by atoms with Gasteiger partial charge in [0, 0.05) is 10.4 Å². The number of aryl methyl sites for hydroxylation is 1.